The average Bonchev–Trinajstić information content (AvgIpc) is 3.23. The van der Waals surface area contributed by atoms with E-state index in [9.17, 15) is 0 Å². The van der Waals surface area contributed by atoms with Crippen molar-refractivity contribution in [3.05, 3.63) is 206 Å². The Kier molecular flexibility index (Phi) is 7.25. The van der Waals surface area contributed by atoms with E-state index < -0.39 is 0 Å². The van der Waals surface area contributed by atoms with Crippen molar-refractivity contribution < 1.29 is 0 Å². The van der Waals surface area contributed by atoms with Gasteiger partial charge in [-0.2, -0.15) is 0 Å². The summed E-state index contributed by atoms with van der Waals surface area (Å²) in [4.78, 5) is 0. The largest absolute Gasteiger partial charge is 0.0622 e. The SMILES string of the molecule is c1ccc(-c2ccccc2-c2ccc3c(ccc4cc(-c5ccc6c(ccc7cc(-c8ccccc8-c8ccccc8)ccc76)c5)ccc43)c2)cc1. The standard InChI is InChI=1S/C52H34/c1-3-11-35(12-4-1)45-15-7-9-17-47(45)43-25-29-51-41(33-43)21-19-39-31-37(23-27-49(39)51)38-24-28-50-40(32-38)20-22-42-34-44(26-30-52(42)50)48-18-10-8-16-46(48)36-13-5-2-6-14-36/h1-34H. The van der Waals surface area contributed by atoms with Gasteiger partial charge in [-0.05, 0) is 123 Å². The molecule has 10 aromatic rings. The van der Waals surface area contributed by atoms with Crippen molar-refractivity contribution >= 4 is 43.1 Å². The van der Waals surface area contributed by atoms with Crippen molar-refractivity contribution in [1.82, 2.24) is 0 Å². The molecular weight excluding hydrogens is 625 g/mol. The molecule has 0 saturated heterocycles. The third-order valence-electron chi connectivity index (χ3n) is 10.7. The summed E-state index contributed by atoms with van der Waals surface area (Å²) in [6.07, 6.45) is 0. The van der Waals surface area contributed by atoms with Crippen molar-refractivity contribution in [3.8, 4) is 55.6 Å². The van der Waals surface area contributed by atoms with Gasteiger partial charge in [0.15, 0.2) is 0 Å². The predicted molar refractivity (Wildman–Crippen MR) is 224 cm³/mol. The number of fused-ring (bicyclic) bond motifs is 6. The second-order valence-corrected chi connectivity index (χ2v) is 13.7. The van der Waals surface area contributed by atoms with E-state index in [1.165, 1.54) is 98.7 Å². The van der Waals surface area contributed by atoms with Crippen LogP contribution in [-0.2, 0) is 0 Å². The molecule has 0 atom stereocenters. The molecule has 0 radical (unpaired) electrons. The molecular formula is C52H34. The van der Waals surface area contributed by atoms with Gasteiger partial charge in [-0.3, -0.25) is 0 Å². The Morgan fingerprint density at radius 2 is 0.442 bits per heavy atom. The Hall–Kier alpha value is -6.76. The predicted octanol–water partition coefficient (Wildman–Crippen LogP) is 14.6. The molecule has 242 valence electrons. The van der Waals surface area contributed by atoms with E-state index >= 15 is 0 Å². The molecule has 0 nitrogen and oxygen atoms in total. The van der Waals surface area contributed by atoms with Crippen molar-refractivity contribution in [2.75, 3.05) is 0 Å². The Bertz CT molecular complexity index is 2730. The second-order valence-electron chi connectivity index (χ2n) is 13.7. The monoisotopic (exact) mass is 658 g/mol. The molecule has 0 heterocycles. The van der Waals surface area contributed by atoms with Crippen LogP contribution < -0.4 is 0 Å². The lowest BCUT2D eigenvalue weighted by Crippen LogP contribution is -1.87. The van der Waals surface area contributed by atoms with Gasteiger partial charge in [-0.1, -0.05) is 182 Å². The lowest BCUT2D eigenvalue weighted by atomic mass is 9.91. The molecule has 0 saturated carbocycles. The van der Waals surface area contributed by atoms with Crippen LogP contribution in [0.2, 0.25) is 0 Å². The van der Waals surface area contributed by atoms with Gasteiger partial charge in [-0.15, -0.1) is 0 Å². The Morgan fingerprint density at radius 1 is 0.173 bits per heavy atom. The summed E-state index contributed by atoms with van der Waals surface area (Å²) >= 11 is 0. The Balaban J connectivity index is 0.985. The van der Waals surface area contributed by atoms with Crippen LogP contribution in [0.15, 0.2) is 206 Å². The van der Waals surface area contributed by atoms with Crippen LogP contribution in [0.1, 0.15) is 0 Å². The first-order valence-corrected chi connectivity index (χ1v) is 18.0. The molecule has 0 aromatic heterocycles. The Labute approximate surface area is 303 Å². The molecule has 0 bridgehead atoms. The maximum absolute atomic E-state index is 2.34. The van der Waals surface area contributed by atoms with Crippen LogP contribution in [0.25, 0.3) is 98.7 Å². The summed E-state index contributed by atoms with van der Waals surface area (Å²) in [5, 5.41) is 10.1. The molecule has 10 rings (SSSR count). The number of rotatable bonds is 5. The zero-order valence-corrected chi connectivity index (χ0v) is 28.6. The zero-order chi connectivity index (χ0) is 34.4. The van der Waals surface area contributed by atoms with Gasteiger partial charge in [0.1, 0.15) is 0 Å². The van der Waals surface area contributed by atoms with Crippen LogP contribution in [-0.4, -0.2) is 0 Å². The first kappa shape index (κ1) is 30.1. The highest BCUT2D eigenvalue weighted by Gasteiger charge is 2.12. The second kappa shape index (κ2) is 12.5. The Morgan fingerprint density at radius 3 is 0.788 bits per heavy atom. The van der Waals surface area contributed by atoms with E-state index in [2.05, 4.69) is 206 Å². The number of hydrogen-bond acceptors (Lipinski definition) is 0. The molecule has 0 spiro atoms. The summed E-state index contributed by atoms with van der Waals surface area (Å²) in [5.41, 5.74) is 12.4. The quantitative estimate of drug-likeness (QED) is 0.161. The van der Waals surface area contributed by atoms with E-state index in [-0.39, 0.29) is 0 Å². The minimum Gasteiger partial charge on any atom is -0.0622 e. The van der Waals surface area contributed by atoms with Gasteiger partial charge in [0.25, 0.3) is 0 Å². The zero-order valence-electron chi connectivity index (χ0n) is 28.6. The van der Waals surface area contributed by atoms with E-state index in [0.717, 1.165) is 0 Å². The molecule has 0 fully saturated rings. The summed E-state index contributed by atoms with van der Waals surface area (Å²) in [6, 6.07) is 75.4. The average molecular weight is 659 g/mol. The maximum atomic E-state index is 2.34. The van der Waals surface area contributed by atoms with E-state index in [1.54, 1.807) is 0 Å². The molecule has 0 aliphatic rings. The van der Waals surface area contributed by atoms with Gasteiger partial charge < -0.3 is 0 Å². The fraction of sp³-hybridized carbons (Fsp3) is 0. The van der Waals surface area contributed by atoms with Crippen LogP contribution in [0.5, 0.6) is 0 Å². The molecule has 0 N–H and O–H groups in total. The molecule has 0 heteroatoms. The van der Waals surface area contributed by atoms with Crippen LogP contribution in [0, 0.1) is 0 Å². The smallest absolute Gasteiger partial charge is 0.0105 e. The maximum Gasteiger partial charge on any atom is -0.0105 e. The number of benzene rings is 10. The van der Waals surface area contributed by atoms with Crippen molar-refractivity contribution in [3.63, 3.8) is 0 Å². The van der Waals surface area contributed by atoms with Crippen molar-refractivity contribution in [1.29, 1.82) is 0 Å². The van der Waals surface area contributed by atoms with Gasteiger partial charge in [0, 0.05) is 0 Å². The molecule has 0 aliphatic carbocycles. The van der Waals surface area contributed by atoms with Gasteiger partial charge in [0.05, 0.1) is 0 Å². The first-order valence-electron chi connectivity index (χ1n) is 18.0. The van der Waals surface area contributed by atoms with E-state index in [1.807, 2.05) is 0 Å². The van der Waals surface area contributed by atoms with Crippen molar-refractivity contribution in [2.24, 2.45) is 0 Å². The summed E-state index contributed by atoms with van der Waals surface area (Å²) < 4.78 is 0. The molecule has 0 amide bonds. The minimum absolute atomic E-state index is 1.23. The minimum atomic E-state index is 1.23. The van der Waals surface area contributed by atoms with Crippen LogP contribution in [0.3, 0.4) is 0 Å². The van der Waals surface area contributed by atoms with E-state index in [4.69, 9.17) is 0 Å². The van der Waals surface area contributed by atoms with E-state index in [0.29, 0.717) is 0 Å². The summed E-state index contributed by atoms with van der Waals surface area (Å²) in [5.74, 6) is 0. The fourth-order valence-corrected chi connectivity index (χ4v) is 8.05. The number of hydrogen-bond donors (Lipinski definition) is 0. The lowest BCUT2D eigenvalue weighted by Gasteiger charge is -2.13. The van der Waals surface area contributed by atoms with Crippen LogP contribution in [0.4, 0.5) is 0 Å². The molecule has 0 unspecified atom stereocenters. The third-order valence-corrected chi connectivity index (χ3v) is 10.7. The summed E-state index contributed by atoms with van der Waals surface area (Å²) in [7, 11) is 0. The summed E-state index contributed by atoms with van der Waals surface area (Å²) in [6.45, 7) is 0. The van der Waals surface area contributed by atoms with Gasteiger partial charge >= 0.3 is 0 Å². The third kappa shape index (κ3) is 5.25. The normalized spacial score (nSPS) is 11.5. The van der Waals surface area contributed by atoms with Gasteiger partial charge in [-0.25, -0.2) is 0 Å². The lowest BCUT2D eigenvalue weighted by molar-refractivity contribution is 1.59. The highest BCUT2D eigenvalue weighted by Crippen LogP contribution is 2.38. The topological polar surface area (TPSA) is 0 Å². The first-order chi connectivity index (χ1) is 25.8. The molecule has 10 aromatic carbocycles. The fourth-order valence-electron chi connectivity index (χ4n) is 8.05. The highest BCUT2D eigenvalue weighted by molar-refractivity contribution is 6.11. The molecule has 52 heavy (non-hydrogen) atoms. The molecule has 0 aliphatic heterocycles. The van der Waals surface area contributed by atoms with Gasteiger partial charge in [0.2, 0.25) is 0 Å². The van der Waals surface area contributed by atoms with Crippen molar-refractivity contribution in [2.45, 2.75) is 0 Å². The van der Waals surface area contributed by atoms with Crippen LogP contribution >= 0.6 is 0 Å². The highest BCUT2D eigenvalue weighted by atomic mass is 14.2.